The first-order valence-corrected chi connectivity index (χ1v) is 8.07. The van der Waals surface area contributed by atoms with Gasteiger partial charge in [0.1, 0.15) is 0 Å². The Hall–Kier alpha value is -1.39. The maximum absolute atomic E-state index is 12.8. The van der Waals surface area contributed by atoms with Crippen LogP contribution in [0, 0.1) is 0 Å². The van der Waals surface area contributed by atoms with E-state index in [1.165, 1.54) is 6.42 Å². The monoisotopic (exact) mass is 289 g/mol. The predicted molar refractivity (Wildman–Crippen MR) is 82.2 cm³/mol. The van der Waals surface area contributed by atoms with Gasteiger partial charge in [0.2, 0.25) is 0 Å². The molecule has 1 saturated carbocycles. The van der Waals surface area contributed by atoms with Crippen LogP contribution in [0.1, 0.15) is 36.0 Å². The zero-order valence-corrected chi connectivity index (χ0v) is 12.2. The summed E-state index contributed by atoms with van der Waals surface area (Å²) < 4.78 is 1.16. The molecular weight excluding hydrogens is 270 g/mol. The molecule has 0 aliphatic heterocycles. The topological polar surface area (TPSA) is 40.5 Å². The molecule has 0 unspecified atom stereocenters. The highest BCUT2D eigenvalue weighted by Crippen LogP contribution is 2.30. The third-order valence-electron chi connectivity index (χ3n) is 4.04. The van der Waals surface area contributed by atoms with Crippen LogP contribution in [-0.4, -0.2) is 35.1 Å². The van der Waals surface area contributed by atoms with Crippen molar-refractivity contribution in [2.75, 3.05) is 13.2 Å². The average Bonchev–Trinajstić information content (AvgIpc) is 2.84. The lowest BCUT2D eigenvalue weighted by molar-refractivity contribution is 0.0565. The van der Waals surface area contributed by atoms with Gasteiger partial charge >= 0.3 is 0 Å². The smallest absolute Gasteiger partial charge is 0.255 e. The van der Waals surface area contributed by atoms with Crippen LogP contribution in [0.25, 0.3) is 10.1 Å². The molecule has 1 fully saturated rings. The molecule has 0 atom stereocenters. The zero-order valence-electron chi connectivity index (χ0n) is 11.4. The predicted octanol–water partition coefficient (Wildman–Crippen LogP) is 3.28. The maximum atomic E-state index is 12.8. The maximum Gasteiger partial charge on any atom is 0.255 e. The number of carbonyl (C=O) groups excluding carboxylic acids is 1. The molecule has 1 heterocycles. The number of aliphatic hydroxyl groups excluding tert-OH is 1. The van der Waals surface area contributed by atoms with Gasteiger partial charge in [0, 0.05) is 34.7 Å². The second kappa shape index (κ2) is 5.94. The lowest BCUT2D eigenvalue weighted by atomic mass is 9.90. The van der Waals surface area contributed by atoms with E-state index in [2.05, 4.69) is 6.07 Å². The van der Waals surface area contributed by atoms with Gasteiger partial charge in [-0.1, -0.05) is 18.2 Å². The Morgan fingerprint density at radius 3 is 2.85 bits per heavy atom. The fourth-order valence-corrected chi connectivity index (χ4v) is 3.62. The van der Waals surface area contributed by atoms with E-state index in [1.54, 1.807) is 11.3 Å². The number of hydrogen-bond donors (Lipinski definition) is 1. The van der Waals surface area contributed by atoms with Crippen LogP contribution >= 0.6 is 11.3 Å². The fourth-order valence-electron chi connectivity index (χ4n) is 2.69. The van der Waals surface area contributed by atoms with Crippen LogP contribution in [-0.2, 0) is 0 Å². The van der Waals surface area contributed by atoms with Crippen molar-refractivity contribution < 1.29 is 9.90 Å². The van der Waals surface area contributed by atoms with E-state index in [-0.39, 0.29) is 12.5 Å². The van der Waals surface area contributed by atoms with Gasteiger partial charge in [-0.3, -0.25) is 4.79 Å². The normalized spacial score (nSPS) is 15.2. The van der Waals surface area contributed by atoms with E-state index < -0.39 is 0 Å². The van der Waals surface area contributed by atoms with Gasteiger partial charge in [-0.25, -0.2) is 0 Å². The number of rotatable bonds is 5. The van der Waals surface area contributed by atoms with Crippen LogP contribution in [0.5, 0.6) is 0 Å². The minimum Gasteiger partial charge on any atom is -0.396 e. The number of benzene rings is 1. The number of fused-ring (bicyclic) bond motifs is 1. The van der Waals surface area contributed by atoms with E-state index in [4.69, 9.17) is 5.11 Å². The Morgan fingerprint density at radius 2 is 2.15 bits per heavy atom. The summed E-state index contributed by atoms with van der Waals surface area (Å²) in [4.78, 5) is 14.8. The third-order valence-corrected chi connectivity index (χ3v) is 5.01. The van der Waals surface area contributed by atoms with Gasteiger partial charge in [0.15, 0.2) is 0 Å². The first-order chi connectivity index (χ1) is 9.81. The Bertz CT molecular complexity index is 603. The van der Waals surface area contributed by atoms with Crippen molar-refractivity contribution in [3.05, 3.63) is 35.2 Å². The second-order valence-corrected chi connectivity index (χ2v) is 6.22. The lowest BCUT2D eigenvalue weighted by Gasteiger charge is -2.37. The number of thiophene rings is 1. The van der Waals surface area contributed by atoms with Crippen LogP contribution in [0.4, 0.5) is 0 Å². The van der Waals surface area contributed by atoms with Gasteiger partial charge < -0.3 is 10.0 Å². The Morgan fingerprint density at radius 1 is 1.35 bits per heavy atom. The summed E-state index contributed by atoms with van der Waals surface area (Å²) in [6, 6.07) is 8.42. The molecule has 1 aromatic carbocycles. The molecular formula is C16H19NO2S. The van der Waals surface area contributed by atoms with Gasteiger partial charge in [-0.05, 0) is 31.7 Å². The van der Waals surface area contributed by atoms with E-state index in [0.717, 1.165) is 28.5 Å². The SMILES string of the molecule is O=C(c1csc2ccccc12)N(CCCO)C1CCC1. The molecule has 3 rings (SSSR count). The van der Waals surface area contributed by atoms with Crippen molar-refractivity contribution in [3.63, 3.8) is 0 Å². The van der Waals surface area contributed by atoms with Crippen molar-refractivity contribution in [1.29, 1.82) is 0 Å². The number of carbonyl (C=O) groups is 1. The standard InChI is InChI=1S/C16H19NO2S/c18-10-4-9-17(12-5-3-6-12)16(19)14-11-20-15-8-2-1-7-13(14)15/h1-2,7-8,11-12,18H,3-6,9-10H2. The molecule has 3 nitrogen and oxygen atoms in total. The highest BCUT2D eigenvalue weighted by Gasteiger charge is 2.29. The van der Waals surface area contributed by atoms with E-state index >= 15 is 0 Å². The van der Waals surface area contributed by atoms with Crippen molar-refractivity contribution in [2.45, 2.75) is 31.7 Å². The minimum atomic E-state index is 0.126. The van der Waals surface area contributed by atoms with Gasteiger partial charge in [-0.15, -0.1) is 11.3 Å². The summed E-state index contributed by atoms with van der Waals surface area (Å²) >= 11 is 1.62. The molecule has 20 heavy (non-hydrogen) atoms. The van der Waals surface area contributed by atoms with E-state index in [9.17, 15) is 4.79 Å². The van der Waals surface area contributed by atoms with Crippen molar-refractivity contribution in [3.8, 4) is 0 Å². The molecule has 1 amide bonds. The summed E-state index contributed by atoms with van der Waals surface area (Å²) in [6.45, 7) is 0.797. The number of nitrogens with zero attached hydrogens (tertiary/aromatic N) is 1. The van der Waals surface area contributed by atoms with E-state index in [0.29, 0.717) is 19.0 Å². The highest BCUT2D eigenvalue weighted by molar-refractivity contribution is 7.17. The molecule has 0 saturated heterocycles. The largest absolute Gasteiger partial charge is 0.396 e. The number of aliphatic hydroxyl groups is 1. The summed E-state index contributed by atoms with van der Waals surface area (Å²) in [6.07, 6.45) is 4.06. The molecule has 1 N–H and O–H groups in total. The first-order valence-electron chi connectivity index (χ1n) is 7.19. The Labute approximate surface area is 122 Å². The second-order valence-electron chi connectivity index (χ2n) is 5.31. The third kappa shape index (κ3) is 2.45. The molecule has 4 heteroatoms. The lowest BCUT2D eigenvalue weighted by Crippen LogP contribution is -2.44. The molecule has 0 bridgehead atoms. The van der Waals surface area contributed by atoms with Crippen molar-refractivity contribution in [2.24, 2.45) is 0 Å². The van der Waals surface area contributed by atoms with Crippen molar-refractivity contribution in [1.82, 2.24) is 4.90 Å². The molecule has 0 radical (unpaired) electrons. The number of amides is 1. The summed E-state index contributed by atoms with van der Waals surface area (Å²) in [5.41, 5.74) is 0.815. The van der Waals surface area contributed by atoms with Crippen LogP contribution in [0.2, 0.25) is 0 Å². The summed E-state index contributed by atoms with van der Waals surface area (Å²) in [5.74, 6) is 0.126. The summed E-state index contributed by atoms with van der Waals surface area (Å²) in [5, 5.41) is 12.1. The molecule has 2 aromatic rings. The van der Waals surface area contributed by atoms with Gasteiger partial charge in [0.25, 0.3) is 5.91 Å². The van der Waals surface area contributed by atoms with Gasteiger partial charge in [-0.2, -0.15) is 0 Å². The Kier molecular flexibility index (Phi) is 4.03. The van der Waals surface area contributed by atoms with E-state index in [1.807, 2.05) is 28.5 Å². The van der Waals surface area contributed by atoms with Crippen LogP contribution in [0.15, 0.2) is 29.6 Å². The average molecular weight is 289 g/mol. The highest BCUT2D eigenvalue weighted by atomic mass is 32.1. The van der Waals surface area contributed by atoms with Crippen LogP contribution < -0.4 is 0 Å². The number of hydrogen-bond acceptors (Lipinski definition) is 3. The fraction of sp³-hybridized carbons (Fsp3) is 0.438. The molecule has 1 aliphatic carbocycles. The summed E-state index contributed by atoms with van der Waals surface area (Å²) in [7, 11) is 0. The quantitative estimate of drug-likeness (QED) is 0.917. The van der Waals surface area contributed by atoms with Gasteiger partial charge in [0.05, 0.1) is 5.56 Å². The zero-order chi connectivity index (χ0) is 13.9. The molecule has 1 aromatic heterocycles. The molecule has 106 valence electrons. The van der Waals surface area contributed by atoms with Crippen LogP contribution in [0.3, 0.4) is 0 Å². The van der Waals surface area contributed by atoms with Crippen molar-refractivity contribution >= 4 is 27.3 Å². The molecule has 1 aliphatic rings. The Balaban J connectivity index is 1.88. The minimum absolute atomic E-state index is 0.126. The molecule has 0 spiro atoms. The first kappa shape index (κ1) is 13.6.